The first-order chi connectivity index (χ1) is 13.5. The molecule has 0 fully saturated rings. The van der Waals surface area contributed by atoms with Gasteiger partial charge in [0.05, 0.1) is 16.9 Å². The number of carbonyl (C=O) groups is 3. The van der Waals surface area contributed by atoms with Gasteiger partial charge >= 0.3 is 0 Å². The number of imide groups is 1. The number of amides is 3. The highest BCUT2D eigenvalue weighted by atomic mass is 32.2. The number of hydrogen-bond donors (Lipinski definition) is 1. The van der Waals surface area contributed by atoms with Crippen LogP contribution in [0.4, 0.5) is 5.69 Å². The van der Waals surface area contributed by atoms with E-state index >= 15 is 0 Å². The van der Waals surface area contributed by atoms with Crippen LogP contribution in [0, 0.1) is 0 Å². The molecule has 5 nitrogen and oxygen atoms in total. The van der Waals surface area contributed by atoms with Gasteiger partial charge in [-0.1, -0.05) is 44.2 Å². The van der Waals surface area contributed by atoms with Gasteiger partial charge in [-0.05, 0) is 36.1 Å². The molecule has 0 spiro atoms. The molecule has 0 aromatic heterocycles. The maximum atomic E-state index is 12.3. The lowest BCUT2D eigenvalue weighted by molar-refractivity contribution is -0.113. The predicted molar refractivity (Wildman–Crippen MR) is 113 cm³/mol. The topological polar surface area (TPSA) is 66.5 Å². The molecular formula is C22H24N2O3S. The molecule has 1 atom stereocenters. The molecule has 0 radical (unpaired) electrons. The molecule has 1 heterocycles. The largest absolute Gasteiger partial charge is 0.325 e. The number of rotatable bonds is 8. The molecule has 1 aliphatic heterocycles. The fourth-order valence-electron chi connectivity index (χ4n) is 3.21. The Morgan fingerprint density at radius 1 is 1.04 bits per heavy atom. The van der Waals surface area contributed by atoms with Crippen molar-refractivity contribution in [2.45, 2.75) is 26.2 Å². The van der Waals surface area contributed by atoms with Gasteiger partial charge in [0.2, 0.25) is 5.91 Å². The van der Waals surface area contributed by atoms with Crippen molar-refractivity contribution in [1.82, 2.24) is 4.90 Å². The van der Waals surface area contributed by atoms with Gasteiger partial charge in [0.15, 0.2) is 0 Å². The van der Waals surface area contributed by atoms with Crippen LogP contribution in [-0.2, 0) is 4.79 Å². The third-order valence-corrected chi connectivity index (χ3v) is 5.89. The van der Waals surface area contributed by atoms with Gasteiger partial charge in [-0.25, -0.2) is 0 Å². The average Bonchev–Trinajstić information content (AvgIpc) is 2.96. The highest BCUT2D eigenvalue weighted by Crippen LogP contribution is 2.27. The molecule has 2 aromatic carbocycles. The van der Waals surface area contributed by atoms with Crippen molar-refractivity contribution in [3.05, 3.63) is 65.2 Å². The summed E-state index contributed by atoms with van der Waals surface area (Å²) in [6.45, 7) is 4.56. The van der Waals surface area contributed by atoms with Gasteiger partial charge in [0.25, 0.3) is 11.8 Å². The minimum absolute atomic E-state index is 0.0804. The second-order valence-corrected chi connectivity index (χ2v) is 7.91. The highest BCUT2D eigenvalue weighted by molar-refractivity contribution is 7.99. The van der Waals surface area contributed by atoms with Gasteiger partial charge < -0.3 is 5.32 Å². The number of thioether (sulfide) groups is 1. The number of carbonyl (C=O) groups excluding carboxylic acids is 3. The molecule has 6 heteroatoms. The number of anilines is 1. The SMILES string of the molecule is CC[C@H](C)c1ccccc1NC(=O)CSCCN1C(=O)c2ccccc2C1=O. The van der Waals surface area contributed by atoms with Crippen LogP contribution >= 0.6 is 11.8 Å². The summed E-state index contributed by atoms with van der Waals surface area (Å²) in [7, 11) is 0. The third-order valence-electron chi connectivity index (χ3n) is 4.95. The van der Waals surface area contributed by atoms with Crippen molar-refractivity contribution in [3.63, 3.8) is 0 Å². The Bertz CT molecular complexity index is 862. The lowest BCUT2D eigenvalue weighted by Crippen LogP contribution is -2.32. The zero-order valence-corrected chi connectivity index (χ0v) is 16.9. The van der Waals surface area contributed by atoms with Crippen LogP contribution in [0.2, 0.25) is 0 Å². The number of fused-ring (bicyclic) bond motifs is 1. The van der Waals surface area contributed by atoms with E-state index in [1.54, 1.807) is 24.3 Å². The number of para-hydroxylation sites is 1. The fourth-order valence-corrected chi connectivity index (χ4v) is 3.92. The Hall–Kier alpha value is -2.60. The monoisotopic (exact) mass is 396 g/mol. The van der Waals surface area contributed by atoms with E-state index in [1.807, 2.05) is 24.3 Å². The lowest BCUT2D eigenvalue weighted by atomic mass is 9.97. The molecule has 1 N–H and O–H groups in total. The average molecular weight is 397 g/mol. The summed E-state index contributed by atoms with van der Waals surface area (Å²) < 4.78 is 0. The normalized spacial score (nSPS) is 14.1. The second-order valence-electron chi connectivity index (χ2n) is 6.80. The lowest BCUT2D eigenvalue weighted by Gasteiger charge is -2.16. The van der Waals surface area contributed by atoms with Crippen molar-refractivity contribution in [1.29, 1.82) is 0 Å². The van der Waals surface area contributed by atoms with Crippen LogP contribution in [0.3, 0.4) is 0 Å². The van der Waals surface area contributed by atoms with E-state index < -0.39 is 0 Å². The quantitative estimate of drug-likeness (QED) is 0.537. The van der Waals surface area contributed by atoms with E-state index in [1.165, 1.54) is 16.7 Å². The Morgan fingerprint density at radius 3 is 2.29 bits per heavy atom. The van der Waals surface area contributed by atoms with Gasteiger partial charge in [-0.3, -0.25) is 19.3 Å². The number of benzene rings is 2. The third kappa shape index (κ3) is 4.28. The van der Waals surface area contributed by atoms with Crippen LogP contribution in [-0.4, -0.2) is 40.7 Å². The Kier molecular flexibility index (Phi) is 6.52. The molecule has 28 heavy (non-hydrogen) atoms. The number of nitrogens with one attached hydrogen (secondary N) is 1. The first kappa shape index (κ1) is 20.1. The molecule has 0 saturated carbocycles. The molecule has 0 aliphatic carbocycles. The zero-order chi connectivity index (χ0) is 20.1. The van der Waals surface area contributed by atoms with Crippen molar-refractivity contribution in [2.24, 2.45) is 0 Å². The minimum Gasteiger partial charge on any atom is -0.325 e. The van der Waals surface area contributed by atoms with Gasteiger partial charge in [-0.15, -0.1) is 0 Å². The summed E-state index contributed by atoms with van der Waals surface area (Å²) in [6.07, 6.45) is 1.00. The van der Waals surface area contributed by atoms with E-state index in [2.05, 4.69) is 19.2 Å². The van der Waals surface area contributed by atoms with Gasteiger partial charge in [-0.2, -0.15) is 11.8 Å². The standard InChI is InChI=1S/C22H24N2O3S/c1-3-15(2)16-8-6-7-11-19(16)23-20(25)14-28-13-12-24-21(26)17-9-4-5-10-18(17)22(24)27/h4-11,15H,3,12-14H2,1-2H3,(H,23,25)/t15-/m0/s1. The summed E-state index contributed by atoms with van der Waals surface area (Å²) in [4.78, 5) is 38.2. The van der Waals surface area contributed by atoms with Crippen LogP contribution < -0.4 is 5.32 Å². The Morgan fingerprint density at radius 2 is 1.64 bits per heavy atom. The van der Waals surface area contributed by atoms with E-state index in [0.29, 0.717) is 29.3 Å². The zero-order valence-electron chi connectivity index (χ0n) is 16.1. The van der Waals surface area contributed by atoms with Crippen LogP contribution in [0.15, 0.2) is 48.5 Å². The first-order valence-corrected chi connectivity index (χ1v) is 10.6. The van der Waals surface area contributed by atoms with Crippen molar-refractivity contribution < 1.29 is 14.4 Å². The minimum atomic E-state index is -0.256. The van der Waals surface area contributed by atoms with Gasteiger partial charge in [0, 0.05) is 18.0 Å². The maximum absolute atomic E-state index is 12.3. The number of nitrogens with zero attached hydrogens (tertiary/aromatic N) is 1. The summed E-state index contributed by atoms with van der Waals surface area (Å²) >= 11 is 1.41. The summed E-state index contributed by atoms with van der Waals surface area (Å²) in [5.74, 6) is 0.576. The van der Waals surface area contributed by atoms with E-state index in [-0.39, 0.29) is 23.5 Å². The van der Waals surface area contributed by atoms with Crippen molar-refractivity contribution in [2.75, 3.05) is 23.4 Å². The summed E-state index contributed by atoms with van der Waals surface area (Å²) in [6, 6.07) is 14.7. The molecule has 0 unspecified atom stereocenters. The molecule has 3 amide bonds. The Balaban J connectivity index is 1.48. The van der Waals surface area contributed by atoms with E-state index in [9.17, 15) is 14.4 Å². The van der Waals surface area contributed by atoms with Crippen molar-refractivity contribution in [3.8, 4) is 0 Å². The maximum Gasteiger partial charge on any atom is 0.261 e. The fraction of sp³-hybridized carbons (Fsp3) is 0.318. The highest BCUT2D eigenvalue weighted by Gasteiger charge is 2.34. The molecule has 1 aliphatic rings. The predicted octanol–water partition coefficient (Wildman–Crippen LogP) is 4.17. The van der Waals surface area contributed by atoms with Crippen LogP contribution in [0.25, 0.3) is 0 Å². The van der Waals surface area contributed by atoms with E-state index in [0.717, 1.165) is 17.7 Å². The van der Waals surface area contributed by atoms with Gasteiger partial charge in [0.1, 0.15) is 0 Å². The molecule has 0 saturated heterocycles. The molecule has 146 valence electrons. The summed E-state index contributed by atoms with van der Waals surface area (Å²) in [5, 5.41) is 2.98. The van der Waals surface area contributed by atoms with Crippen LogP contribution in [0.1, 0.15) is 52.5 Å². The van der Waals surface area contributed by atoms with Crippen molar-refractivity contribution >= 4 is 35.2 Å². The molecule has 0 bridgehead atoms. The second kappa shape index (κ2) is 9.06. The van der Waals surface area contributed by atoms with Crippen LogP contribution in [0.5, 0.6) is 0 Å². The first-order valence-electron chi connectivity index (χ1n) is 9.44. The summed E-state index contributed by atoms with van der Waals surface area (Å²) in [5.41, 5.74) is 2.89. The molecule has 2 aromatic rings. The molecule has 3 rings (SSSR count). The number of hydrogen-bond acceptors (Lipinski definition) is 4. The smallest absolute Gasteiger partial charge is 0.261 e. The van der Waals surface area contributed by atoms with E-state index in [4.69, 9.17) is 0 Å². The molecular weight excluding hydrogens is 372 g/mol. The Labute approximate surface area is 169 Å².